The number of fused-ring (bicyclic) bond motifs is 1. The van der Waals surface area contributed by atoms with Gasteiger partial charge in [0.1, 0.15) is 5.75 Å². The lowest BCUT2D eigenvalue weighted by Crippen LogP contribution is -2.45. The van der Waals surface area contributed by atoms with Gasteiger partial charge in [0, 0.05) is 24.0 Å². The molecule has 0 unspecified atom stereocenters. The second-order valence-corrected chi connectivity index (χ2v) is 7.34. The molecule has 3 atom stereocenters. The highest BCUT2D eigenvalue weighted by atomic mass is 16.5. The molecule has 1 aliphatic carbocycles. The van der Waals surface area contributed by atoms with E-state index in [2.05, 4.69) is 19.2 Å². The van der Waals surface area contributed by atoms with Gasteiger partial charge in [-0.2, -0.15) is 0 Å². The Balaban J connectivity index is 1.72. The van der Waals surface area contributed by atoms with E-state index in [9.17, 15) is 9.59 Å². The fourth-order valence-corrected chi connectivity index (χ4v) is 3.93. The van der Waals surface area contributed by atoms with Gasteiger partial charge in [0.2, 0.25) is 0 Å². The zero-order chi connectivity index (χ0) is 18.7. The van der Waals surface area contributed by atoms with Crippen molar-refractivity contribution in [2.24, 2.45) is 11.8 Å². The van der Waals surface area contributed by atoms with Crippen LogP contribution in [0.4, 0.5) is 0 Å². The molecule has 1 aromatic heterocycles. The first kappa shape index (κ1) is 18.5. The minimum absolute atomic E-state index is 0.0722. The summed E-state index contributed by atoms with van der Waals surface area (Å²) < 4.78 is 7.44. The monoisotopic (exact) mass is 356 g/mol. The molecule has 0 aliphatic heterocycles. The minimum Gasteiger partial charge on any atom is -0.483 e. The molecule has 1 aliphatic rings. The molecule has 1 heterocycles. The van der Waals surface area contributed by atoms with E-state index in [-0.39, 0.29) is 24.1 Å². The van der Waals surface area contributed by atoms with Gasteiger partial charge in [-0.05, 0) is 37.3 Å². The summed E-state index contributed by atoms with van der Waals surface area (Å²) in [7, 11) is 0. The lowest BCUT2D eigenvalue weighted by molar-refractivity contribution is -0.124. The number of carbonyl (C=O) groups excluding carboxylic acids is 1. The van der Waals surface area contributed by atoms with Crippen molar-refractivity contribution in [3.8, 4) is 5.75 Å². The predicted molar refractivity (Wildman–Crippen MR) is 103 cm³/mol. The van der Waals surface area contributed by atoms with Crippen LogP contribution in [-0.2, 0) is 11.3 Å². The topological polar surface area (TPSA) is 60.3 Å². The fraction of sp³-hybridized carbons (Fsp3) is 0.524. The quantitative estimate of drug-likeness (QED) is 0.894. The van der Waals surface area contributed by atoms with Crippen molar-refractivity contribution < 1.29 is 9.53 Å². The lowest BCUT2D eigenvalue weighted by atomic mass is 9.78. The summed E-state index contributed by atoms with van der Waals surface area (Å²) in [6, 6.07) is 9.31. The van der Waals surface area contributed by atoms with Crippen LogP contribution in [0.2, 0.25) is 0 Å². The van der Waals surface area contributed by atoms with Crippen LogP contribution in [0.3, 0.4) is 0 Å². The van der Waals surface area contributed by atoms with Gasteiger partial charge in [-0.15, -0.1) is 0 Å². The van der Waals surface area contributed by atoms with E-state index >= 15 is 0 Å². The largest absolute Gasteiger partial charge is 0.483 e. The minimum atomic E-state index is -0.125. The van der Waals surface area contributed by atoms with Crippen molar-refractivity contribution in [1.82, 2.24) is 9.88 Å². The third-order valence-corrected chi connectivity index (χ3v) is 5.71. The van der Waals surface area contributed by atoms with Crippen LogP contribution in [-0.4, -0.2) is 23.1 Å². The molecule has 5 nitrogen and oxygen atoms in total. The number of para-hydroxylation sites is 1. The summed E-state index contributed by atoms with van der Waals surface area (Å²) in [5.41, 5.74) is 0.712. The molecule has 3 rings (SSSR count). The number of ether oxygens (including phenoxy) is 1. The molecule has 1 amide bonds. The third-order valence-electron chi connectivity index (χ3n) is 5.71. The van der Waals surface area contributed by atoms with Crippen molar-refractivity contribution in [2.75, 3.05) is 6.61 Å². The van der Waals surface area contributed by atoms with Gasteiger partial charge in [0.15, 0.2) is 6.61 Å². The Bertz CT molecular complexity index is 843. The van der Waals surface area contributed by atoms with Crippen LogP contribution >= 0.6 is 0 Å². The van der Waals surface area contributed by atoms with Crippen LogP contribution in [0, 0.1) is 11.8 Å². The van der Waals surface area contributed by atoms with Gasteiger partial charge in [-0.3, -0.25) is 9.59 Å². The molecular formula is C21H28N2O3. The second-order valence-electron chi connectivity index (χ2n) is 7.34. The van der Waals surface area contributed by atoms with Crippen molar-refractivity contribution in [3.05, 3.63) is 40.7 Å². The molecule has 0 bridgehead atoms. The SMILES string of the molecule is CCn1c(=O)cc(OCC(=O)N[C@@H]2CCC[C@@H](C)[C@H]2C)c2ccccc21. The Morgan fingerprint density at radius 1 is 1.27 bits per heavy atom. The van der Waals surface area contributed by atoms with Gasteiger partial charge in [-0.25, -0.2) is 0 Å². The average molecular weight is 356 g/mol. The first-order valence-electron chi connectivity index (χ1n) is 9.56. The molecule has 1 aromatic carbocycles. The number of hydrogen-bond donors (Lipinski definition) is 1. The molecular weight excluding hydrogens is 328 g/mol. The van der Waals surface area contributed by atoms with E-state index in [1.807, 2.05) is 31.2 Å². The predicted octanol–water partition coefficient (Wildman–Crippen LogP) is 3.34. The van der Waals surface area contributed by atoms with E-state index in [1.165, 1.54) is 12.5 Å². The Morgan fingerprint density at radius 3 is 2.81 bits per heavy atom. The van der Waals surface area contributed by atoms with Crippen molar-refractivity contribution in [1.29, 1.82) is 0 Å². The molecule has 140 valence electrons. The Kier molecular flexibility index (Phi) is 5.64. The maximum atomic E-state index is 12.4. The normalized spacial score (nSPS) is 23.0. The highest BCUT2D eigenvalue weighted by molar-refractivity contribution is 5.86. The van der Waals surface area contributed by atoms with Crippen LogP contribution < -0.4 is 15.6 Å². The van der Waals surface area contributed by atoms with Crippen LogP contribution in [0.1, 0.15) is 40.0 Å². The summed E-state index contributed by atoms with van der Waals surface area (Å²) in [4.78, 5) is 24.7. The van der Waals surface area contributed by atoms with E-state index in [0.717, 1.165) is 23.7 Å². The van der Waals surface area contributed by atoms with E-state index in [0.29, 0.717) is 24.1 Å². The van der Waals surface area contributed by atoms with Crippen molar-refractivity contribution in [3.63, 3.8) is 0 Å². The molecule has 0 radical (unpaired) electrons. The first-order chi connectivity index (χ1) is 12.5. The van der Waals surface area contributed by atoms with E-state index < -0.39 is 0 Å². The zero-order valence-electron chi connectivity index (χ0n) is 15.8. The Hall–Kier alpha value is -2.30. The number of nitrogens with zero attached hydrogens (tertiary/aromatic N) is 1. The van der Waals surface area contributed by atoms with Crippen LogP contribution in [0.15, 0.2) is 35.1 Å². The Morgan fingerprint density at radius 2 is 2.04 bits per heavy atom. The van der Waals surface area contributed by atoms with E-state index in [4.69, 9.17) is 4.74 Å². The third kappa shape index (κ3) is 3.76. The van der Waals surface area contributed by atoms with Gasteiger partial charge in [-0.1, -0.05) is 38.8 Å². The van der Waals surface area contributed by atoms with Crippen LogP contribution in [0.25, 0.3) is 10.9 Å². The number of amides is 1. The number of hydrogen-bond acceptors (Lipinski definition) is 3. The maximum absolute atomic E-state index is 12.4. The van der Waals surface area contributed by atoms with E-state index in [1.54, 1.807) is 4.57 Å². The van der Waals surface area contributed by atoms with Crippen LogP contribution in [0.5, 0.6) is 5.75 Å². The fourth-order valence-electron chi connectivity index (χ4n) is 3.93. The standard InChI is InChI=1S/C21H28N2O3/c1-4-23-18-11-6-5-9-16(18)19(12-21(23)25)26-13-20(24)22-17-10-7-8-14(2)15(17)3/h5-6,9,11-12,14-15,17H,4,7-8,10,13H2,1-3H3,(H,22,24)/t14-,15-,17-/m1/s1. The molecule has 2 aromatic rings. The number of benzene rings is 1. The summed E-state index contributed by atoms with van der Waals surface area (Å²) in [6.45, 7) is 6.91. The van der Waals surface area contributed by atoms with Gasteiger partial charge < -0.3 is 14.6 Å². The molecule has 0 saturated heterocycles. The second kappa shape index (κ2) is 7.94. The Labute approximate surface area is 154 Å². The van der Waals surface area contributed by atoms with Crippen molar-refractivity contribution in [2.45, 2.75) is 52.6 Å². The number of aromatic nitrogens is 1. The molecule has 1 N–H and O–H groups in total. The lowest BCUT2D eigenvalue weighted by Gasteiger charge is -2.34. The average Bonchev–Trinajstić information content (AvgIpc) is 2.63. The van der Waals surface area contributed by atoms with Gasteiger partial charge in [0.05, 0.1) is 5.52 Å². The molecule has 0 spiro atoms. The summed E-state index contributed by atoms with van der Waals surface area (Å²) in [6.07, 6.45) is 3.40. The number of aryl methyl sites for hydroxylation is 1. The first-order valence-corrected chi connectivity index (χ1v) is 9.56. The highest BCUT2D eigenvalue weighted by Crippen LogP contribution is 2.29. The maximum Gasteiger partial charge on any atom is 0.258 e. The van der Waals surface area contributed by atoms with Gasteiger partial charge >= 0.3 is 0 Å². The van der Waals surface area contributed by atoms with Crippen molar-refractivity contribution >= 4 is 16.8 Å². The molecule has 1 saturated carbocycles. The number of carbonyl (C=O) groups is 1. The van der Waals surface area contributed by atoms with Gasteiger partial charge in [0.25, 0.3) is 11.5 Å². The number of nitrogens with one attached hydrogen (secondary N) is 1. The molecule has 5 heteroatoms. The summed E-state index contributed by atoms with van der Waals surface area (Å²) in [5, 5.41) is 3.96. The summed E-state index contributed by atoms with van der Waals surface area (Å²) in [5.74, 6) is 1.44. The highest BCUT2D eigenvalue weighted by Gasteiger charge is 2.28. The number of rotatable bonds is 5. The molecule has 26 heavy (non-hydrogen) atoms. The zero-order valence-corrected chi connectivity index (χ0v) is 15.8. The molecule has 1 fully saturated rings. The summed E-state index contributed by atoms with van der Waals surface area (Å²) >= 11 is 0. The number of pyridine rings is 1. The smallest absolute Gasteiger partial charge is 0.258 e.